The number of hydrogen-bond donors (Lipinski definition) is 3. The van der Waals surface area contributed by atoms with Gasteiger partial charge in [0.2, 0.25) is 11.8 Å². The zero-order valence-electron chi connectivity index (χ0n) is 16.9. The van der Waals surface area contributed by atoms with Crippen molar-refractivity contribution >= 4 is 34.2 Å². The minimum atomic E-state index is -0.329. The van der Waals surface area contributed by atoms with Gasteiger partial charge in [0, 0.05) is 17.8 Å². The van der Waals surface area contributed by atoms with Gasteiger partial charge in [-0.05, 0) is 47.0 Å². The Morgan fingerprint density at radius 1 is 0.800 bits per heavy atom. The number of hydrogen-bond acceptors (Lipinski definition) is 3. The molecule has 0 bridgehead atoms. The van der Waals surface area contributed by atoms with Gasteiger partial charge < -0.3 is 16.0 Å². The van der Waals surface area contributed by atoms with E-state index in [0.29, 0.717) is 17.8 Å². The van der Waals surface area contributed by atoms with E-state index in [1.807, 2.05) is 49.4 Å². The molecule has 0 aromatic heterocycles. The SMILES string of the molecule is CCCNC(=O)c1ccc(NC(=O)CNC(=O)Cc2cccc3ccccc23)cc1. The summed E-state index contributed by atoms with van der Waals surface area (Å²) in [5, 5.41) is 10.3. The van der Waals surface area contributed by atoms with Crippen molar-refractivity contribution in [1.29, 1.82) is 0 Å². The fourth-order valence-corrected chi connectivity index (χ4v) is 3.11. The van der Waals surface area contributed by atoms with Crippen LogP contribution in [0.15, 0.2) is 66.7 Å². The molecule has 0 saturated carbocycles. The van der Waals surface area contributed by atoms with Crippen LogP contribution in [0.4, 0.5) is 5.69 Å². The fourth-order valence-electron chi connectivity index (χ4n) is 3.11. The van der Waals surface area contributed by atoms with Gasteiger partial charge in [0.15, 0.2) is 0 Å². The Bertz CT molecular complexity index is 1040. The van der Waals surface area contributed by atoms with Crippen LogP contribution in [0.5, 0.6) is 0 Å². The summed E-state index contributed by atoms with van der Waals surface area (Å²) in [5.41, 5.74) is 2.02. The highest BCUT2D eigenvalue weighted by Crippen LogP contribution is 2.18. The van der Waals surface area contributed by atoms with Gasteiger partial charge in [-0.25, -0.2) is 0 Å². The first-order valence-corrected chi connectivity index (χ1v) is 9.98. The number of amides is 3. The number of benzene rings is 3. The predicted octanol–water partition coefficient (Wildman–Crippen LogP) is 3.28. The zero-order chi connectivity index (χ0) is 21.3. The molecule has 0 atom stereocenters. The molecule has 3 rings (SSSR count). The number of nitrogens with one attached hydrogen (secondary N) is 3. The van der Waals surface area contributed by atoms with Gasteiger partial charge in [-0.3, -0.25) is 14.4 Å². The van der Waals surface area contributed by atoms with E-state index in [4.69, 9.17) is 0 Å². The standard InChI is InChI=1S/C24H25N3O3/c1-2-14-25-24(30)18-10-12-20(13-11-18)27-23(29)16-26-22(28)15-19-8-5-7-17-6-3-4-9-21(17)19/h3-13H,2,14-16H2,1H3,(H,25,30)(H,26,28)(H,27,29). The number of anilines is 1. The molecule has 30 heavy (non-hydrogen) atoms. The molecule has 3 N–H and O–H groups in total. The molecule has 0 saturated heterocycles. The van der Waals surface area contributed by atoms with Crippen molar-refractivity contribution < 1.29 is 14.4 Å². The fraction of sp³-hybridized carbons (Fsp3) is 0.208. The molecular weight excluding hydrogens is 378 g/mol. The van der Waals surface area contributed by atoms with E-state index in [1.165, 1.54) is 0 Å². The Morgan fingerprint density at radius 3 is 2.30 bits per heavy atom. The summed E-state index contributed by atoms with van der Waals surface area (Å²) < 4.78 is 0. The van der Waals surface area contributed by atoms with E-state index in [2.05, 4.69) is 16.0 Å². The van der Waals surface area contributed by atoms with E-state index < -0.39 is 0 Å². The number of carbonyl (C=O) groups is 3. The van der Waals surface area contributed by atoms with Crippen LogP contribution in [0.3, 0.4) is 0 Å². The van der Waals surface area contributed by atoms with Crippen LogP contribution in [-0.4, -0.2) is 30.8 Å². The molecule has 0 fully saturated rings. The number of carbonyl (C=O) groups excluding carboxylic acids is 3. The third-order valence-corrected chi connectivity index (χ3v) is 4.64. The smallest absolute Gasteiger partial charge is 0.251 e. The molecule has 0 aliphatic carbocycles. The molecule has 0 radical (unpaired) electrons. The van der Waals surface area contributed by atoms with Gasteiger partial charge in [-0.1, -0.05) is 49.4 Å². The van der Waals surface area contributed by atoms with Gasteiger partial charge in [-0.15, -0.1) is 0 Å². The van der Waals surface area contributed by atoms with Crippen LogP contribution in [0, 0.1) is 0 Å². The predicted molar refractivity (Wildman–Crippen MR) is 118 cm³/mol. The van der Waals surface area contributed by atoms with Crippen molar-refractivity contribution in [2.45, 2.75) is 19.8 Å². The summed E-state index contributed by atoms with van der Waals surface area (Å²) in [7, 11) is 0. The Kier molecular flexibility index (Phi) is 7.16. The molecule has 0 aliphatic rings. The van der Waals surface area contributed by atoms with Crippen molar-refractivity contribution in [2.75, 3.05) is 18.4 Å². The first kappa shape index (κ1) is 21.0. The second kappa shape index (κ2) is 10.2. The summed E-state index contributed by atoms with van der Waals surface area (Å²) >= 11 is 0. The Labute approximate surface area is 175 Å². The molecular formula is C24H25N3O3. The highest BCUT2D eigenvalue weighted by Gasteiger charge is 2.10. The van der Waals surface area contributed by atoms with E-state index in [0.717, 1.165) is 22.8 Å². The molecule has 0 spiro atoms. The van der Waals surface area contributed by atoms with E-state index >= 15 is 0 Å². The van der Waals surface area contributed by atoms with Crippen LogP contribution >= 0.6 is 0 Å². The first-order chi connectivity index (χ1) is 14.6. The Morgan fingerprint density at radius 2 is 1.53 bits per heavy atom. The lowest BCUT2D eigenvalue weighted by Gasteiger charge is -2.09. The third kappa shape index (κ3) is 5.67. The number of rotatable bonds is 8. The molecule has 3 amide bonds. The minimum absolute atomic E-state index is 0.123. The molecule has 6 nitrogen and oxygen atoms in total. The summed E-state index contributed by atoms with van der Waals surface area (Å²) in [6.45, 7) is 2.48. The first-order valence-electron chi connectivity index (χ1n) is 9.98. The molecule has 3 aromatic carbocycles. The van der Waals surface area contributed by atoms with Crippen molar-refractivity contribution in [1.82, 2.24) is 10.6 Å². The van der Waals surface area contributed by atoms with Crippen LogP contribution in [-0.2, 0) is 16.0 Å². The molecule has 6 heteroatoms. The maximum atomic E-state index is 12.3. The summed E-state index contributed by atoms with van der Waals surface area (Å²) in [6.07, 6.45) is 1.07. The summed E-state index contributed by atoms with van der Waals surface area (Å²) in [4.78, 5) is 36.3. The number of fused-ring (bicyclic) bond motifs is 1. The maximum Gasteiger partial charge on any atom is 0.251 e. The maximum absolute atomic E-state index is 12.3. The van der Waals surface area contributed by atoms with Crippen molar-refractivity contribution in [3.8, 4) is 0 Å². The van der Waals surface area contributed by atoms with Crippen molar-refractivity contribution in [3.63, 3.8) is 0 Å². The minimum Gasteiger partial charge on any atom is -0.352 e. The lowest BCUT2D eigenvalue weighted by atomic mass is 10.0. The molecule has 0 heterocycles. The molecule has 154 valence electrons. The Hall–Kier alpha value is -3.67. The lowest BCUT2D eigenvalue weighted by molar-refractivity contribution is -0.123. The monoisotopic (exact) mass is 403 g/mol. The summed E-state index contributed by atoms with van der Waals surface area (Å²) in [6, 6.07) is 20.4. The van der Waals surface area contributed by atoms with E-state index in [9.17, 15) is 14.4 Å². The summed E-state index contributed by atoms with van der Waals surface area (Å²) in [5.74, 6) is -0.690. The normalized spacial score (nSPS) is 10.4. The largest absolute Gasteiger partial charge is 0.352 e. The van der Waals surface area contributed by atoms with Crippen LogP contribution in [0.25, 0.3) is 10.8 Å². The van der Waals surface area contributed by atoms with Crippen LogP contribution in [0.2, 0.25) is 0 Å². The van der Waals surface area contributed by atoms with Gasteiger partial charge in [0.25, 0.3) is 5.91 Å². The third-order valence-electron chi connectivity index (χ3n) is 4.64. The van der Waals surface area contributed by atoms with E-state index in [-0.39, 0.29) is 30.7 Å². The van der Waals surface area contributed by atoms with E-state index in [1.54, 1.807) is 24.3 Å². The lowest BCUT2D eigenvalue weighted by Crippen LogP contribution is -2.33. The van der Waals surface area contributed by atoms with Crippen molar-refractivity contribution in [2.24, 2.45) is 0 Å². The second-order valence-corrected chi connectivity index (χ2v) is 6.97. The van der Waals surface area contributed by atoms with Crippen molar-refractivity contribution in [3.05, 3.63) is 77.9 Å². The van der Waals surface area contributed by atoms with Gasteiger partial charge in [0.05, 0.1) is 13.0 Å². The van der Waals surface area contributed by atoms with Gasteiger partial charge >= 0.3 is 0 Å². The topological polar surface area (TPSA) is 87.3 Å². The van der Waals surface area contributed by atoms with Gasteiger partial charge in [-0.2, -0.15) is 0 Å². The Balaban J connectivity index is 1.49. The molecule has 0 unspecified atom stereocenters. The molecule has 3 aromatic rings. The van der Waals surface area contributed by atoms with Crippen LogP contribution in [0.1, 0.15) is 29.3 Å². The van der Waals surface area contributed by atoms with Crippen LogP contribution < -0.4 is 16.0 Å². The quantitative estimate of drug-likeness (QED) is 0.539. The molecule has 0 aliphatic heterocycles. The zero-order valence-corrected chi connectivity index (χ0v) is 16.9. The highest BCUT2D eigenvalue weighted by atomic mass is 16.2. The average Bonchev–Trinajstić information content (AvgIpc) is 2.77. The van der Waals surface area contributed by atoms with Gasteiger partial charge in [0.1, 0.15) is 0 Å². The highest BCUT2D eigenvalue weighted by molar-refractivity contribution is 5.97. The average molecular weight is 403 g/mol. The second-order valence-electron chi connectivity index (χ2n) is 6.97.